The van der Waals surface area contributed by atoms with Crippen molar-refractivity contribution in [2.75, 3.05) is 26.7 Å². The van der Waals surface area contributed by atoms with Gasteiger partial charge in [-0.3, -0.25) is 4.79 Å². The molecule has 5 heteroatoms. The van der Waals surface area contributed by atoms with Crippen LogP contribution in [-0.4, -0.2) is 48.7 Å². The summed E-state index contributed by atoms with van der Waals surface area (Å²) < 4.78 is 0. The van der Waals surface area contributed by atoms with Gasteiger partial charge in [0.1, 0.15) is 11.5 Å². The van der Waals surface area contributed by atoms with E-state index >= 15 is 0 Å². The summed E-state index contributed by atoms with van der Waals surface area (Å²) in [5.74, 6) is 5.28. The topological polar surface area (TPSA) is 52.6 Å². The number of aliphatic hydroxyl groups excluding tert-OH is 1. The third kappa shape index (κ3) is 4.06. The molecule has 1 aromatic rings. The van der Waals surface area contributed by atoms with Gasteiger partial charge in [-0.2, -0.15) is 0 Å². The average Bonchev–Trinajstić information content (AvgIpc) is 3.15. The van der Waals surface area contributed by atoms with E-state index in [1.807, 2.05) is 5.38 Å². The van der Waals surface area contributed by atoms with Gasteiger partial charge >= 0.3 is 0 Å². The number of rotatable bonds is 5. The van der Waals surface area contributed by atoms with E-state index in [0.29, 0.717) is 23.0 Å². The van der Waals surface area contributed by atoms with Gasteiger partial charge in [0.05, 0.1) is 0 Å². The van der Waals surface area contributed by atoms with Crippen LogP contribution in [0, 0.1) is 11.8 Å². The van der Waals surface area contributed by atoms with Gasteiger partial charge in [0.15, 0.2) is 0 Å². The number of nitrogens with zero attached hydrogens (tertiary/aromatic N) is 1. The summed E-state index contributed by atoms with van der Waals surface area (Å²) in [6.45, 7) is 1.33. The zero-order valence-corrected chi connectivity index (χ0v) is 11.8. The minimum absolute atomic E-state index is 0.0820. The first-order valence-electron chi connectivity index (χ1n) is 6.38. The van der Waals surface area contributed by atoms with Gasteiger partial charge in [-0.1, -0.05) is 11.8 Å². The summed E-state index contributed by atoms with van der Waals surface area (Å²) in [6.07, 6.45) is 2.55. The normalized spacial score (nSPS) is 14.1. The van der Waals surface area contributed by atoms with Crippen molar-refractivity contribution in [3.05, 3.63) is 21.9 Å². The fourth-order valence-corrected chi connectivity index (χ4v) is 2.61. The lowest BCUT2D eigenvalue weighted by molar-refractivity contribution is 0.0953. The van der Waals surface area contributed by atoms with E-state index in [1.165, 1.54) is 24.2 Å². The van der Waals surface area contributed by atoms with E-state index in [1.54, 1.807) is 6.07 Å². The van der Waals surface area contributed by atoms with Crippen molar-refractivity contribution < 1.29 is 9.90 Å². The smallest absolute Gasteiger partial charge is 0.262 e. The Morgan fingerprint density at radius 1 is 1.63 bits per heavy atom. The van der Waals surface area contributed by atoms with Crippen LogP contribution in [-0.2, 0) is 0 Å². The lowest BCUT2D eigenvalue weighted by Gasteiger charge is -2.15. The highest BCUT2D eigenvalue weighted by Crippen LogP contribution is 2.24. The van der Waals surface area contributed by atoms with E-state index in [-0.39, 0.29) is 12.5 Å². The summed E-state index contributed by atoms with van der Waals surface area (Å²) in [7, 11) is 2.09. The second kappa shape index (κ2) is 6.71. The summed E-state index contributed by atoms with van der Waals surface area (Å²) in [6, 6.07) is 2.52. The van der Waals surface area contributed by atoms with Crippen molar-refractivity contribution in [1.82, 2.24) is 10.2 Å². The molecular weight excluding hydrogens is 260 g/mol. The molecule has 0 aliphatic heterocycles. The van der Waals surface area contributed by atoms with E-state index < -0.39 is 0 Å². The molecule has 1 amide bonds. The number of nitrogens with one attached hydrogen (secondary N) is 1. The Kier molecular flexibility index (Phi) is 4.97. The number of thiophene rings is 1. The first kappa shape index (κ1) is 14.1. The minimum atomic E-state index is -0.191. The Morgan fingerprint density at radius 2 is 2.42 bits per heavy atom. The Morgan fingerprint density at radius 3 is 3.11 bits per heavy atom. The van der Waals surface area contributed by atoms with E-state index in [0.717, 1.165) is 6.54 Å². The van der Waals surface area contributed by atoms with Crippen LogP contribution in [0.2, 0.25) is 0 Å². The number of carbonyl (C=O) groups is 1. The zero-order chi connectivity index (χ0) is 13.7. The SMILES string of the molecule is CN(CCNC(=O)c1sccc1C#CCO)C1CC1. The third-order valence-electron chi connectivity index (χ3n) is 3.09. The Balaban J connectivity index is 1.83. The number of aliphatic hydroxyl groups is 1. The van der Waals surface area contributed by atoms with Gasteiger partial charge in [0, 0.05) is 24.7 Å². The summed E-state index contributed by atoms with van der Waals surface area (Å²) >= 11 is 1.38. The molecule has 1 aliphatic carbocycles. The van der Waals surface area contributed by atoms with Gasteiger partial charge < -0.3 is 15.3 Å². The average molecular weight is 278 g/mol. The van der Waals surface area contributed by atoms with Crippen LogP contribution < -0.4 is 5.32 Å². The largest absolute Gasteiger partial charge is 0.384 e. The third-order valence-corrected chi connectivity index (χ3v) is 4.01. The molecule has 0 aromatic carbocycles. The molecule has 1 saturated carbocycles. The van der Waals surface area contributed by atoms with Gasteiger partial charge in [-0.15, -0.1) is 11.3 Å². The molecule has 102 valence electrons. The molecule has 2 N–H and O–H groups in total. The standard InChI is InChI=1S/C14H18N2O2S/c1-16(12-4-5-12)8-7-15-14(18)13-11(3-2-9-17)6-10-19-13/h6,10,12,17H,4-5,7-9H2,1H3,(H,15,18). The minimum Gasteiger partial charge on any atom is -0.384 e. The maximum Gasteiger partial charge on any atom is 0.262 e. The molecule has 19 heavy (non-hydrogen) atoms. The molecule has 2 rings (SSSR count). The van der Waals surface area contributed by atoms with E-state index in [2.05, 4.69) is 29.1 Å². The molecule has 0 bridgehead atoms. The van der Waals surface area contributed by atoms with Crippen LogP contribution in [0.5, 0.6) is 0 Å². The molecule has 0 spiro atoms. The van der Waals surface area contributed by atoms with Crippen molar-refractivity contribution in [2.24, 2.45) is 0 Å². The maximum atomic E-state index is 12.0. The molecule has 1 fully saturated rings. The highest BCUT2D eigenvalue weighted by molar-refractivity contribution is 7.12. The number of likely N-dealkylation sites (N-methyl/N-ethyl adjacent to an activating group) is 1. The highest BCUT2D eigenvalue weighted by atomic mass is 32.1. The predicted octanol–water partition coefficient (Wildman–Crippen LogP) is 0.916. The molecule has 4 nitrogen and oxygen atoms in total. The van der Waals surface area contributed by atoms with Crippen molar-refractivity contribution in [1.29, 1.82) is 0 Å². The summed E-state index contributed by atoms with van der Waals surface area (Å²) in [5, 5.41) is 13.4. The fourth-order valence-electron chi connectivity index (χ4n) is 1.84. The number of hydrogen-bond acceptors (Lipinski definition) is 4. The summed E-state index contributed by atoms with van der Waals surface area (Å²) in [5.41, 5.74) is 0.687. The highest BCUT2D eigenvalue weighted by Gasteiger charge is 2.25. The zero-order valence-electron chi connectivity index (χ0n) is 11.0. The maximum absolute atomic E-state index is 12.0. The van der Waals surface area contributed by atoms with E-state index in [4.69, 9.17) is 5.11 Å². The molecule has 1 aliphatic rings. The molecule has 1 heterocycles. The fraction of sp³-hybridized carbons (Fsp3) is 0.500. The van der Waals surface area contributed by atoms with Crippen LogP contribution in [0.25, 0.3) is 0 Å². The van der Waals surface area contributed by atoms with Crippen LogP contribution in [0.3, 0.4) is 0 Å². The first-order valence-corrected chi connectivity index (χ1v) is 7.26. The van der Waals surface area contributed by atoms with Crippen LogP contribution in [0.4, 0.5) is 0 Å². The van der Waals surface area contributed by atoms with Crippen LogP contribution >= 0.6 is 11.3 Å². The van der Waals surface area contributed by atoms with Crippen LogP contribution in [0.15, 0.2) is 11.4 Å². The van der Waals surface area contributed by atoms with Crippen molar-refractivity contribution in [3.63, 3.8) is 0 Å². The van der Waals surface area contributed by atoms with Crippen molar-refractivity contribution in [2.45, 2.75) is 18.9 Å². The van der Waals surface area contributed by atoms with Crippen molar-refractivity contribution in [3.8, 4) is 11.8 Å². The molecule has 0 atom stereocenters. The summed E-state index contributed by atoms with van der Waals surface area (Å²) in [4.78, 5) is 14.9. The predicted molar refractivity (Wildman–Crippen MR) is 76.3 cm³/mol. The van der Waals surface area contributed by atoms with Gasteiger partial charge in [0.25, 0.3) is 5.91 Å². The van der Waals surface area contributed by atoms with E-state index in [9.17, 15) is 4.79 Å². The Bertz CT molecular complexity index is 497. The van der Waals surface area contributed by atoms with Crippen LogP contribution in [0.1, 0.15) is 28.1 Å². The number of carbonyl (C=O) groups excluding carboxylic acids is 1. The molecular formula is C14H18N2O2S. The van der Waals surface area contributed by atoms with Gasteiger partial charge in [-0.25, -0.2) is 0 Å². The lowest BCUT2D eigenvalue weighted by atomic mass is 10.2. The first-order chi connectivity index (χ1) is 9.22. The second-order valence-corrected chi connectivity index (χ2v) is 5.51. The number of hydrogen-bond donors (Lipinski definition) is 2. The van der Waals surface area contributed by atoms with Gasteiger partial charge in [-0.05, 0) is 31.3 Å². The monoisotopic (exact) mass is 278 g/mol. The molecule has 1 aromatic heterocycles. The Labute approximate surface area is 117 Å². The van der Waals surface area contributed by atoms with Crippen molar-refractivity contribution >= 4 is 17.2 Å². The molecule has 0 radical (unpaired) electrons. The lowest BCUT2D eigenvalue weighted by Crippen LogP contribution is -2.33. The molecule has 0 saturated heterocycles. The van der Waals surface area contributed by atoms with Gasteiger partial charge in [0.2, 0.25) is 0 Å². The second-order valence-electron chi connectivity index (χ2n) is 4.59. The quantitative estimate of drug-likeness (QED) is 0.787. The molecule has 0 unspecified atom stereocenters. The number of amides is 1. The Hall–Kier alpha value is -1.35.